The normalized spacial score (nSPS) is 12.6. The Balaban J connectivity index is 1.40. The maximum Gasteiger partial charge on any atom is 0.573 e. The largest absolute Gasteiger partial charge is 0.573 e. The molecule has 0 spiro atoms. The van der Waals surface area contributed by atoms with Gasteiger partial charge in [0.05, 0.1) is 41.9 Å². The summed E-state index contributed by atoms with van der Waals surface area (Å²) in [5, 5.41) is 13.8. The molecule has 0 fully saturated rings. The number of aromatic nitrogens is 3. The van der Waals surface area contributed by atoms with E-state index in [4.69, 9.17) is 9.15 Å². The standard InChI is InChI=1S/C30H23F3N4O5/c1-40-25-6-2-4-16-11-26(41-28(16)25)24-13-21(20-12-19(42-30(31,32)33)7-8-22(20)37-24)29(39)36-18(15-38)10-17-14-35-23-5-3-9-34-27(17)23/h2-9,11-14,18,35,38H,10,15H2,1H3,(H,36,39). The third kappa shape index (κ3) is 5.31. The number of aromatic amines is 1. The zero-order valence-electron chi connectivity index (χ0n) is 22.0. The SMILES string of the molecule is COc1cccc2cc(-c3cc(C(=O)NC(CO)Cc4c[nH]c5cccnc45)c4cc(OC(F)(F)F)ccc4n3)oc12. The third-order valence-electron chi connectivity index (χ3n) is 6.77. The fraction of sp³-hybridized carbons (Fsp3) is 0.167. The number of H-pyrrole nitrogens is 1. The third-order valence-corrected chi connectivity index (χ3v) is 6.77. The lowest BCUT2D eigenvalue weighted by atomic mass is 10.0. The summed E-state index contributed by atoms with van der Waals surface area (Å²) in [7, 11) is 1.51. The zero-order valence-corrected chi connectivity index (χ0v) is 22.0. The van der Waals surface area contributed by atoms with E-state index >= 15 is 0 Å². The fourth-order valence-electron chi connectivity index (χ4n) is 4.90. The van der Waals surface area contributed by atoms with Crippen LogP contribution < -0.4 is 14.8 Å². The highest BCUT2D eigenvalue weighted by molar-refractivity contribution is 6.07. The molecule has 0 saturated carbocycles. The van der Waals surface area contributed by atoms with Crippen LogP contribution in [0.2, 0.25) is 0 Å². The highest BCUT2D eigenvalue weighted by Crippen LogP contribution is 2.35. The predicted molar refractivity (Wildman–Crippen MR) is 148 cm³/mol. The number of aliphatic hydroxyl groups excluding tert-OH is 1. The summed E-state index contributed by atoms with van der Waals surface area (Å²) in [6, 6.07) is 15.0. The molecule has 0 aliphatic carbocycles. The van der Waals surface area contributed by atoms with Crippen LogP contribution in [-0.2, 0) is 6.42 Å². The van der Waals surface area contributed by atoms with Crippen LogP contribution in [0, 0.1) is 0 Å². The van der Waals surface area contributed by atoms with Crippen molar-refractivity contribution >= 4 is 38.8 Å². The lowest BCUT2D eigenvalue weighted by Crippen LogP contribution is -2.39. The lowest BCUT2D eigenvalue weighted by molar-refractivity contribution is -0.274. The van der Waals surface area contributed by atoms with Crippen LogP contribution >= 0.6 is 0 Å². The van der Waals surface area contributed by atoms with Gasteiger partial charge in [-0.3, -0.25) is 9.78 Å². The number of nitrogens with one attached hydrogen (secondary N) is 2. The van der Waals surface area contributed by atoms with E-state index in [0.29, 0.717) is 22.6 Å². The van der Waals surface area contributed by atoms with E-state index in [-0.39, 0.29) is 28.6 Å². The molecule has 12 heteroatoms. The molecule has 214 valence electrons. The number of carbonyl (C=O) groups is 1. The van der Waals surface area contributed by atoms with Crippen molar-refractivity contribution in [1.29, 1.82) is 0 Å². The number of nitrogens with zero attached hydrogens (tertiary/aromatic N) is 2. The second-order valence-corrected chi connectivity index (χ2v) is 9.54. The number of carbonyl (C=O) groups excluding carboxylic acids is 1. The van der Waals surface area contributed by atoms with Crippen molar-refractivity contribution in [3.63, 3.8) is 0 Å². The Labute approximate surface area is 235 Å². The van der Waals surface area contributed by atoms with Crippen LogP contribution in [0.25, 0.3) is 44.4 Å². The van der Waals surface area contributed by atoms with Gasteiger partial charge >= 0.3 is 6.36 Å². The van der Waals surface area contributed by atoms with E-state index in [2.05, 4.69) is 25.0 Å². The number of alkyl halides is 3. The molecule has 1 amide bonds. The summed E-state index contributed by atoms with van der Waals surface area (Å²) in [5.41, 5.74) is 3.30. The summed E-state index contributed by atoms with van der Waals surface area (Å²) in [5.74, 6) is -0.308. The van der Waals surface area contributed by atoms with Crippen molar-refractivity contribution in [2.45, 2.75) is 18.8 Å². The van der Waals surface area contributed by atoms with E-state index < -0.39 is 30.7 Å². The number of furan rings is 1. The molecule has 4 aromatic heterocycles. The number of hydrogen-bond donors (Lipinski definition) is 3. The Bertz CT molecular complexity index is 1930. The molecule has 3 N–H and O–H groups in total. The number of hydrogen-bond acceptors (Lipinski definition) is 7. The van der Waals surface area contributed by atoms with Gasteiger partial charge in [-0.25, -0.2) is 4.98 Å². The maximum absolute atomic E-state index is 13.7. The molecule has 0 aliphatic rings. The van der Waals surface area contributed by atoms with Crippen LogP contribution in [0.3, 0.4) is 0 Å². The second-order valence-electron chi connectivity index (χ2n) is 9.54. The van der Waals surface area contributed by atoms with Crippen molar-refractivity contribution < 1.29 is 37.0 Å². The number of ether oxygens (including phenoxy) is 2. The first kappa shape index (κ1) is 27.1. The summed E-state index contributed by atoms with van der Waals surface area (Å²) >= 11 is 0. The summed E-state index contributed by atoms with van der Waals surface area (Å²) in [4.78, 5) is 25.7. The number of pyridine rings is 2. The number of rotatable bonds is 8. The minimum atomic E-state index is -4.92. The molecule has 6 aromatic rings. The molecular formula is C30H23F3N4O5. The summed E-state index contributed by atoms with van der Waals surface area (Å²) < 4.78 is 54.4. The molecule has 2 aromatic carbocycles. The quantitative estimate of drug-likeness (QED) is 0.210. The van der Waals surface area contributed by atoms with Gasteiger partial charge in [0.2, 0.25) is 0 Å². The number of methoxy groups -OCH3 is 1. The van der Waals surface area contributed by atoms with Crippen molar-refractivity contribution in [2.75, 3.05) is 13.7 Å². The van der Waals surface area contributed by atoms with Crippen molar-refractivity contribution in [2.24, 2.45) is 0 Å². The average molecular weight is 577 g/mol. The predicted octanol–water partition coefficient (Wildman–Crippen LogP) is 5.76. The molecule has 1 unspecified atom stereocenters. The molecule has 6 rings (SSSR count). The molecule has 0 bridgehead atoms. The van der Waals surface area contributed by atoms with E-state index in [1.54, 1.807) is 36.7 Å². The van der Waals surface area contributed by atoms with Crippen molar-refractivity contribution in [1.82, 2.24) is 20.3 Å². The van der Waals surface area contributed by atoms with E-state index in [1.165, 1.54) is 19.2 Å². The lowest BCUT2D eigenvalue weighted by Gasteiger charge is -2.17. The number of para-hydroxylation sites is 1. The van der Waals surface area contributed by atoms with E-state index in [1.807, 2.05) is 12.1 Å². The molecule has 0 aliphatic heterocycles. The number of benzene rings is 2. The van der Waals surface area contributed by atoms with Gasteiger partial charge in [-0.1, -0.05) is 12.1 Å². The average Bonchev–Trinajstić information content (AvgIpc) is 3.60. The van der Waals surface area contributed by atoms with Crippen LogP contribution in [0.5, 0.6) is 11.5 Å². The smallest absolute Gasteiger partial charge is 0.493 e. The van der Waals surface area contributed by atoms with E-state index in [0.717, 1.165) is 28.6 Å². The van der Waals surface area contributed by atoms with Gasteiger partial charge in [-0.15, -0.1) is 13.2 Å². The Morgan fingerprint density at radius 2 is 2.00 bits per heavy atom. The number of halogens is 3. The monoisotopic (exact) mass is 576 g/mol. The highest BCUT2D eigenvalue weighted by Gasteiger charge is 2.31. The van der Waals surface area contributed by atoms with Gasteiger partial charge < -0.3 is 29.3 Å². The number of aliphatic hydroxyl groups is 1. The van der Waals surface area contributed by atoms with Gasteiger partial charge in [-0.05, 0) is 60.5 Å². The van der Waals surface area contributed by atoms with Gasteiger partial charge in [0.25, 0.3) is 5.91 Å². The van der Waals surface area contributed by atoms with Crippen molar-refractivity contribution in [3.8, 4) is 23.0 Å². The number of amides is 1. The molecule has 1 atom stereocenters. The first-order chi connectivity index (χ1) is 20.2. The Hall–Kier alpha value is -5.10. The van der Waals surface area contributed by atoms with Gasteiger partial charge in [0.1, 0.15) is 11.4 Å². The Morgan fingerprint density at radius 3 is 2.79 bits per heavy atom. The number of fused-ring (bicyclic) bond motifs is 3. The summed E-state index contributed by atoms with van der Waals surface area (Å²) in [6.45, 7) is -0.396. The van der Waals surface area contributed by atoms with Crippen LogP contribution in [0.15, 0.2) is 77.5 Å². The van der Waals surface area contributed by atoms with Crippen molar-refractivity contribution in [3.05, 3.63) is 84.2 Å². The Morgan fingerprint density at radius 1 is 1.14 bits per heavy atom. The van der Waals surface area contributed by atoms with Crippen LogP contribution in [0.1, 0.15) is 15.9 Å². The first-order valence-electron chi connectivity index (χ1n) is 12.8. The minimum Gasteiger partial charge on any atom is -0.493 e. The minimum absolute atomic E-state index is 0.0190. The molecule has 42 heavy (non-hydrogen) atoms. The second kappa shape index (κ2) is 10.7. The fourth-order valence-corrected chi connectivity index (χ4v) is 4.90. The topological polar surface area (TPSA) is 122 Å². The van der Waals surface area contributed by atoms with Gasteiger partial charge in [0, 0.05) is 23.2 Å². The molecular weight excluding hydrogens is 553 g/mol. The van der Waals surface area contributed by atoms with E-state index in [9.17, 15) is 23.1 Å². The first-order valence-corrected chi connectivity index (χ1v) is 12.8. The summed E-state index contributed by atoms with van der Waals surface area (Å²) in [6.07, 6.45) is -1.28. The Kier molecular flexibility index (Phi) is 6.91. The molecule has 0 saturated heterocycles. The van der Waals surface area contributed by atoms with Gasteiger partial charge in [0.15, 0.2) is 17.1 Å². The molecule has 4 heterocycles. The molecule has 9 nitrogen and oxygen atoms in total. The zero-order chi connectivity index (χ0) is 29.4. The molecule has 0 radical (unpaired) electrons. The highest BCUT2D eigenvalue weighted by atomic mass is 19.4. The maximum atomic E-state index is 13.7. The van der Waals surface area contributed by atoms with Crippen LogP contribution in [-0.4, -0.2) is 52.1 Å². The van der Waals surface area contributed by atoms with Crippen LogP contribution in [0.4, 0.5) is 13.2 Å². The van der Waals surface area contributed by atoms with Gasteiger partial charge in [-0.2, -0.15) is 0 Å².